The Morgan fingerprint density at radius 2 is 1.72 bits per heavy atom. The van der Waals surface area contributed by atoms with Gasteiger partial charge in [0.15, 0.2) is 0 Å². The van der Waals surface area contributed by atoms with E-state index in [-0.39, 0.29) is 0 Å². The molecule has 94 valence electrons. The van der Waals surface area contributed by atoms with E-state index < -0.39 is 0 Å². The second kappa shape index (κ2) is 5.40. The summed E-state index contributed by atoms with van der Waals surface area (Å²) in [5, 5.41) is 0.442. The van der Waals surface area contributed by atoms with Gasteiger partial charge in [-0.05, 0) is 28.7 Å². The fourth-order valence-corrected chi connectivity index (χ4v) is 2.01. The van der Waals surface area contributed by atoms with Crippen LogP contribution < -0.4 is 4.74 Å². The molecule has 0 saturated heterocycles. The predicted octanol–water partition coefficient (Wildman–Crippen LogP) is 4.53. The summed E-state index contributed by atoms with van der Waals surface area (Å²) in [5.41, 5.74) is 3.45. The Balaban J connectivity index is 2.39. The van der Waals surface area contributed by atoms with Crippen molar-refractivity contribution >= 4 is 11.6 Å². The van der Waals surface area contributed by atoms with Gasteiger partial charge in [0.1, 0.15) is 5.15 Å². The van der Waals surface area contributed by atoms with Gasteiger partial charge in [-0.25, -0.2) is 4.98 Å². The second-order valence-corrected chi connectivity index (χ2v) is 4.88. The first kappa shape index (κ1) is 12.9. The monoisotopic (exact) mass is 261 g/mol. The molecule has 2 rings (SSSR count). The molecule has 1 aromatic heterocycles. The van der Waals surface area contributed by atoms with Crippen LogP contribution >= 0.6 is 11.6 Å². The third-order valence-electron chi connectivity index (χ3n) is 2.89. The minimum absolute atomic E-state index is 0.442. The van der Waals surface area contributed by atoms with Crippen LogP contribution in [0.2, 0.25) is 5.15 Å². The molecule has 2 nitrogen and oxygen atoms in total. The van der Waals surface area contributed by atoms with Gasteiger partial charge >= 0.3 is 0 Å². The van der Waals surface area contributed by atoms with Crippen LogP contribution in [-0.4, -0.2) is 12.1 Å². The van der Waals surface area contributed by atoms with Crippen molar-refractivity contribution in [2.24, 2.45) is 0 Å². The zero-order chi connectivity index (χ0) is 13.1. The van der Waals surface area contributed by atoms with Crippen molar-refractivity contribution in [1.82, 2.24) is 4.98 Å². The van der Waals surface area contributed by atoms with Crippen LogP contribution in [0.1, 0.15) is 25.3 Å². The van der Waals surface area contributed by atoms with Gasteiger partial charge in [-0.1, -0.05) is 49.7 Å². The number of aromatic nitrogens is 1. The first-order chi connectivity index (χ1) is 8.60. The Hall–Kier alpha value is -1.54. The molecule has 0 fully saturated rings. The Bertz CT molecular complexity index is 535. The van der Waals surface area contributed by atoms with Gasteiger partial charge in [-0.15, -0.1) is 0 Å². The zero-order valence-electron chi connectivity index (χ0n) is 10.8. The van der Waals surface area contributed by atoms with Crippen molar-refractivity contribution in [2.45, 2.75) is 19.8 Å². The SMILES string of the molecule is COc1cc(-c2ccc(C(C)C)cc2)cc(Cl)n1. The van der Waals surface area contributed by atoms with Gasteiger partial charge in [0.05, 0.1) is 7.11 Å². The smallest absolute Gasteiger partial charge is 0.214 e. The Morgan fingerprint density at radius 1 is 1.06 bits per heavy atom. The first-order valence-electron chi connectivity index (χ1n) is 5.92. The maximum atomic E-state index is 5.97. The van der Waals surface area contributed by atoms with Crippen LogP contribution in [0.4, 0.5) is 0 Å². The average Bonchev–Trinajstić information content (AvgIpc) is 2.38. The normalized spacial score (nSPS) is 10.7. The Kier molecular flexibility index (Phi) is 3.87. The summed E-state index contributed by atoms with van der Waals surface area (Å²) in [7, 11) is 1.59. The highest BCUT2D eigenvalue weighted by atomic mass is 35.5. The van der Waals surface area contributed by atoms with E-state index in [9.17, 15) is 0 Å². The lowest BCUT2D eigenvalue weighted by Crippen LogP contribution is -1.90. The van der Waals surface area contributed by atoms with E-state index in [2.05, 4.69) is 43.1 Å². The van der Waals surface area contributed by atoms with E-state index in [4.69, 9.17) is 16.3 Å². The van der Waals surface area contributed by atoms with Crippen LogP contribution in [0.25, 0.3) is 11.1 Å². The molecule has 0 N–H and O–H groups in total. The summed E-state index contributed by atoms with van der Waals surface area (Å²) in [6.07, 6.45) is 0. The highest BCUT2D eigenvalue weighted by Crippen LogP contribution is 2.27. The summed E-state index contributed by atoms with van der Waals surface area (Å²) in [5.74, 6) is 1.07. The Labute approximate surface area is 113 Å². The lowest BCUT2D eigenvalue weighted by atomic mass is 9.99. The molecule has 0 radical (unpaired) electrons. The van der Waals surface area contributed by atoms with Crippen LogP contribution in [0.5, 0.6) is 5.88 Å². The number of halogens is 1. The Morgan fingerprint density at radius 3 is 2.28 bits per heavy atom. The molecule has 18 heavy (non-hydrogen) atoms. The largest absolute Gasteiger partial charge is 0.481 e. The van der Waals surface area contributed by atoms with E-state index in [1.165, 1.54) is 5.56 Å². The molecule has 3 heteroatoms. The number of benzene rings is 1. The van der Waals surface area contributed by atoms with Crippen molar-refractivity contribution in [1.29, 1.82) is 0 Å². The number of rotatable bonds is 3. The van der Waals surface area contributed by atoms with Crippen molar-refractivity contribution < 1.29 is 4.74 Å². The maximum Gasteiger partial charge on any atom is 0.214 e. The number of pyridine rings is 1. The van der Waals surface area contributed by atoms with Gasteiger partial charge < -0.3 is 4.74 Å². The minimum atomic E-state index is 0.442. The molecule has 0 spiro atoms. The van der Waals surface area contributed by atoms with Crippen LogP contribution in [0.3, 0.4) is 0 Å². The summed E-state index contributed by atoms with van der Waals surface area (Å²) in [6.45, 7) is 4.36. The van der Waals surface area contributed by atoms with Gasteiger partial charge in [-0.3, -0.25) is 0 Å². The average molecular weight is 262 g/mol. The molecule has 0 aliphatic carbocycles. The van der Waals surface area contributed by atoms with E-state index in [1.54, 1.807) is 7.11 Å². The van der Waals surface area contributed by atoms with Crippen molar-refractivity contribution in [3.63, 3.8) is 0 Å². The molecule has 1 aromatic carbocycles. The molecule has 0 unspecified atom stereocenters. The zero-order valence-corrected chi connectivity index (χ0v) is 11.5. The van der Waals surface area contributed by atoms with E-state index in [0.717, 1.165) is 11.1 Å². The topological polar surface area (TPSA) is 22.1 Å². The molecule has 2 aromatic rings. The maximum absolute atomic E-state index is 5.97. The number of hydrogen-bond donors (Lipinski definition) is 0. The first-order valence-corrected chi connectivity index (χ1v) is 6.30. The molecule has 0 amide bonds. The fraction of sp³-hybridized carbons (Fsp3) is 0.267. The van der Waals surface area contributed by atoms with Crippen LogP contribution in [-0.2, 0) is 0 Å². The third-order valence-corrected chi connectivity index (χ3v) is 3.08. The summed E-state index contributed by atoms with van der Waals surface area (Å²) in [4.78, 5) is 4.07. The standard InChI is InChI=1S/C15H16ClNO/c1-10(2)11-4-6-12(7-5-11)13-8-14(16)17-15(9-13)18-3/h4-10H,1-3H3. The van der Waals surface area contributed by atoms with Gasteiger partial charge in [-0.2, -0.15) is 0 Å². The highest BCUT2D eigenvalue weighted by Gasteiger charge is 2.05. The fourth-order valence-electron chi connectivity index (χ4n) is 1.80. The van der Waals surface area contributed by atoms with Crippen LogP contribution in [0, 0.1) is 0 Å². The number of hydrogen-bond acceptors (Lipinski definition) is 2. The van der Waals surface area contributed by atoms with Crippen LogP contribution in [0.15, 0.2) is 36.4 Å². The third kappa shape index (κ3) is 2.82. The quantitative estimate of drug-likeness (QED) is 0.757. The van der Waals surface area contributed by atoms with E-state index in [0.29, 0.717) is 17.0 Å². The summed E-state index contributed by atoms with van der Waals surface area (Å²) >= 11 is 5.97. The molecule has 0 aliphatic heterocycles. The van der Waals surface area contributed by atoms with Gasteiger partial charge in [0, 0.05) is 6.07 Å². The number of methoxy groups -OCH3 is 1. The molecular formula is C15H16ClNO. The molecular weight excluding hydrogens is 246 g/mol. The van der Waals surface area contributed by atoms with Gasteiger partial charge in [0.25, 0.3) is 0 Å². The van der Waals surface area contributed by atoms with Crippen molar-refractivity contribution in [2.75, 3.05) is 7.11 Å². The highest BCUT2D eigenvalue weighted by molar-refractivity contribution is 6.29. The molecule has 0 aliphatic rings. The lowest BCUT2D eigenvalue weighted by Gasteiger charge is -2.08. The predicted molar refractivity (Wildman–Crippen MR) is 75.3 cm³/mol. The molecule has 0 bridgehead atoms. The minimum Gasteiger partial charge on any atom is -0.481 e. The summed E-state index contributed by atoms with van der Waals surface area (Å²) < 4.78 is 5.12. The van der Waals surface area contributed by atoms with Crippen molar-refractivity contribution in [3.8, 4) is 17.0 Å². The van der Waals surface area contributed by atoms with Gasteiger partial charge in [0.2, 0.25) is 5.88 Å². The van der Waals surface area contributed by atoms with E-state index >= 15 is 0 Å². The molecule has 0 atom stereocenters. The lowest BCUT2D eigenvalue weighted by molar-refractivity contribution is 0.398. The van der Waals surface area contributed by atoms with Crippen molar-refractivity contribution in [3.05, 3.63) is 47.1 Å². The number of nitrogens with zero attached hydrogens (tertiary/aromatic N) is 1. The molecule has 1 heterocycles. The molecule has 0 saturated carbocycles. The summed E-state index contributed by atoms with van der Waals surface area (Å²) in [6, 6.07) is 12.2. The second-order valence-electron chi connectivity index (χ2n) is 4.50. The number of ether oxygens (including phenoxy) is 1. The van der Waals surface area contributed by atoms with E-state index in [1.807, 2.05) is 12.1 Å².